The van der Waals surface area contributed by atoms with Crippen LogP contribution in [0.15, 0.2) is 23.1 Å². The van der Waals surface area contributed by atoms with Gasteiger partial charge in [-0.3, -0.25) is 9.59 Å². The van der Waals surface area contributed by atoms with Crippen molar-refractivity contribution in [2.24, 2.45) is 5.92 Å². The van der Waals surface area contributed by atoms with E-state index in [1.807, 2.05) is 0 Å². The number of hydrogen-bond donors (Lipinski definition) is 0. The Kier molecular flexibility index (Phi) is 8.04. The van der Waals surface area contributed by atoms with Gasteiger partial charge in [-0.15, -0.1) is 0 Å². The minimum absolute atomic E-state index is 0.0183. The number of esters is 1. The zero-order chi connectivity index (χ0) is 21.6. The number of piperidine rings is 1. The highest BCUT2D eigenvalue weighted by Gasteiger charge is 2.28. The minimum Gasteiger partial charge on any atom is -0.496 e. The second-order valence-corrected chi connectivity index (χ2v) is 9.32. The number of ether oxygens (including phenoxy) is 2. The lowest BCUT2D eigenvalue weighted by Gasteiger charge is -2.31. The summed E-state index contributed by atoms with van der Waals surface area (Å²) in [7, 11) is 0.901. The van der Waals surface area contributed by atoms with Gasteiger partial charge in [0.25, 0.3) is 0 Å². The molecule has 8 nitrogen and oxygen atoms in total. The molecule has 0 N–H and O–H groups in total. The van der Waals surface area contributed by atoms with Crippen LogP contribution in [0.1, 0.15) is 31.7 Å². The fourth-order valence-corrected chi connectivity index (χ4v) is 4.30. The van der Waals surface area contributed by atoms with Crippen LogP contribution in [0, 0.1) is 5.92 Å². The Bertz CT molecular complexity index is 829. The van der Waals surface area contributed by atoms with Gasteiger partial charge in [0, 0.05) is 33.6 Å². The van der Waals surface area contributed by atoms with E-state index in [1.165, 1.54) is 27.3 Å². The second kappa shape index (κ2) is 10.1. The van der Waals surface area contributed by atoms with E-state index in [0.717, 1.165) is 4.31 Å². The number of carbonyl (C=O) groups excluding carboxylic acids is 2. The van der Waals surface area contributed by atoms with Gasteiger partial charge in [0.1, 0.15) is 5.75 Å². The van der Waals surface area contributed by atoms with Gasteiger partial charge in [-0.05, 0) is 49.9 Å². The van der Waals surface area contributed by atoms with Crippen LogP contribution in [-0.4, -0.2) is 70.4 Å². The number of rotatable bonds is 8. The second-order valence-electron chi connectivity index (χ2n) is 7.17. The number of aryl methyl sites for hydroxylation is 1. The lowest BCUT2D eigenvalue weighted by Crippen LogP contribution is -2.40. The van der Waals surface area contributed by atoms with Crippen LogP contribution in [0.4, 0.5) is 0 Å². The maximum atomic E-state index is 12.6. The van der Waals surface area contributed by atoms with Crippen molar-refractivity contribution >= 4 is 21.9 Å². The molecule has 0 aromatic heterocycles. The van der Waals surface area contributed by atoms with Gasteiger partial charge in [0.15, 0.2) is 0 Å². The third kappa shape index (κ3) is 5.70. The Morgan fingerprint density at radius 3 is 2.41 bits per heavy atom. The van der Waals surface area contributed by atoms with Crippen LogP contribution in [0.2, 0.25) is 0 Å². The summed E-state index contributed by atoms with van der Waals surface area (Å²) in [6.07, 6.45) is 1.82. The molecule has 1 fully saturated rings. The van der Waals surface area contributed by atoms with E-state index in [0.29, 0.717) is 50.3 Å². The predicted molar refractivity (Wildman–Crippen MR) is 108 cm³/mol. The lowest BCUT2D eigenvalue weighted by molar-refractivity contribution is -0.151. The molecule has 0 saturated carbocycles. The first-order chi connectivity index (χ1) is 13.7. The maximum Gasteiger partial charge on any atom is 0.309 e. The summed E-state index contributed by atoms with van der Waals surface area (Å²) in [5.74, 6) is 0.196. The molecule has 0 radical (unpaired) electrons. The third-order valence-corrected chi connectivity index (χ3v) is 6.92. The highest BCUT2D eigenvalue weighted by Crippen LogP contribution is 2.26. The zero-order valence-electron chi connectivity index (χ0n) is 17.5. The number of hydrogen-bond acceptors (Lipinski definition) is 6. The molecule has 1 amide bonds. The number of benzene rings is 1. The van der Waals surface area contributed by atoms with Crippen molar-refractivity contribution in [3.05, 3.63) is 23.8 Å². The van der Waals surface area contributed by atoms with Crippen molar-refractivity contribution in [3.8, 4) is 5.75 Å². The number of nitrogens with zero attached hydrogens (tertiary/aromatic N) is 2. The highest BCUT2D eigenvalue weighted by atomic mass is 32.2. The molecule has 1 saturated heterocycles. The SMILES string of the molecule is CCOC(=O)C1CCN(C(=O)CCc2cc(S(=O)(=O)N(C)C)ccc2OC)CC1. The van der Waals surface area contributed by atoms with E-state index < -0.39 is 10.0 Å². The normalized spacial score (nSPS) is 15.4. The smallest absolute Gasteiger partial charge is 0.309 e. The first-order valence-corrected chi connectivity index (χ1v) is 11.2. The van der Waals surface area contributed by atoms with E-state index >= 15 is 0 Å². The summed E-state index contributed by atoms with van der Waals surface area (Å²) < 4.78 is 36.3. The van der Waals surface area contributed by atoms with E-state index in [4.69, 9.17) is 9.47 Å². The molecule has 1 aliphatic heterocycles. The van der Waals surface area contributed by atoms with Gasteiger partial charge in [-0.25, -0.2) is 12.7 Å². The maximum absolute atomic E-state index is 12.6. The van der Waals surface area contributed by atoms with Crippen molar-refractivity contribution in [1.82, 2.24) is 9.21 Å². The van der Waals surface area contributed by atoms with Gasteiger partial charge >= 0.3 is 5.97 Å². The van der Waals surface area contributed by atoms with Gasteiger partial charge in [-0.2, -0.15) is 0 Å². The fraction of sp³-hybridized carbons (Fsp3) is 0.600. The Balaban J connectivity index is 2.00. The topological polar surface area (TPSA) is 93.2 Å². The molecule has 0 spiro atoms. The number of amides is 1. The summed E-state index contributed by atoms with van der Waals surface area (Å²) in [5.41, 5.74) is 0.671. The minimum atomic E-state index is -3.56. The number of likely N-dealkylation sites (tertiary alicyclic amines) is 1. The van der Waals surface area contributed by atoms with Crippen LogP contribution < -0.4 is 4.74 Å². The Morgan fingerprint density at radius 2 is 1.86 bits per heavy atom. The monoisotopic (exact) mass is 426 g/mol. The number of carbonyl (C=O) groups is 2. The van der Waals surface area contributed by atoms with Crippen LogP contribution in [-0.2, 0) is 30.8 Å². The van der Waals surface area contributed by atoms with E-state index in [-0.39, 0.29) is 29.1 Å². The van der Waals surface area contributed by atoms with E-state index in [9.17, 15) is 18.0 Å². The molecule has 0 aliphatic carbocycles. The average Bonchev–Trinajstić information content (AvgIpc) is 2.71. The largest absolute Gasteiger partial charge is 0.496 e. The first-order valence-electron chi connectivity index (χ1n) is 9.74. The molecule has 29 heavy (non-hydrogen) atoms. The summed E-state index contributed by atoms with van der Waals surface area (Å²) in [5, 5.41) is 0. The predicted octanol–water partition coefficient (Wildman–Crippen LogP) is 1.68. The Hall–Kier alpha value is -2.13. The van der Waals surface area contributed by atoms with Crippen LogP contribution in [0.5, 0.6) is 5.75 Å². The molecule has 162 valence electrons. The third-order valence-electron chi connectivity index (χ3n) is 5.11. The first kappa shape index (κ1) is 23.2. The van der Waals surface area contributed by atoms with Crippen LogP contribution in [0.3, 0.4) is 0 Å². The molecule has 0 unspecified atom stereocenters. The van der Waals surface area contributed by atoms with E-state index in [2.05, 4.69) is 0 Å². The lowest BCUT2D eigenvalue weighted by atomic mass is 9.96. The van der Waals surface area contributed by atoms with Gasteiger partial charge in [-0.1, -0.05) is 0 Å². The zero-order valence-corrected chi connectivity index (χ0v) is 18.3. The summed E-state index contributed by atoms with van der Waals surface area (Å²) in [4.78, 5) is 26.4. The molecular formula is C20H30N2O6S. The van der Waals surface area contributed by atoms with Gasteiger partial charge in [0.2, 0.25) is 15.9 Å². The van der Waals surface area contributed by atoms with Gasteiger partial charge in [0.05, 0.1) is 24.5 Å². The van der Waals surface area contributed by atoms with Crippen molar-refractivity contribution in [3.63, 3.8) is 0 Å². The molecule has 0 atom stereocenters. The summed E-state index contributed by atoms with van der Waals surface area (Å²) in [6, 6.07) is 4.68. The van der Waals surface area contributed by atoms with Crippen molar-refractivity contribution in [1.29, 1.82) is 0 Å². The fourth-order valence-electron chi connectivity index (χ4n) is 3.35. The van der Waals surface area contributed by atoms with Crippen LogP contribution in [0.25, 0.3) is 0 Å². The summed E-state index contributed by atoms with van der Waals surface area (Å²) >= 11 is 0. The average molecular weight is 427 g/mol. The number of sulfonamides is 1. The molecule has 1 heterocycles. The Morgan fingerprint density at radius 1 is 1.21 bits per heavy atom. The molecule has 1 aromatic carbocycles. The molecule has 1 aromatic rings. The molecule has 2 rings (SSSR count). The molecule has 1 aliphatic rings. The molecule has 0 bridgehead atoms. The molecular weight excluding hydrogens is 396 g/mol. The quantitative estimate of drug-likeness (QED) is 0.587. The summed E-state index contributed by atoms with van der Waals surface area (Å²) in [6.45, 7) is 3.19. The van der Waals surface area contributed by atoms with E-state index in [1.54, 1.807) is 24.0 Å². The molecule has 9 heteroatoms. The van der Waals surface area contributed by atoms with Crippen molar-refractivity contribution < 1.29 is 27.5 Å². The van der Waals surface area contributed by atoms with Gasteiger partial charge < -0.3 is 14.4 Å². The highest BCUT2D eigenvalue weighted by molar-refractivity contribution is 7.89. The Labute approximate surface area is 172 Å². The standard InChI is InChI=1S/C20H30N2O6S/c1-5-28-20(24)15-10-12-22(13-11-15)19(23)9-6-16-14-17(7-8-18(16)27-4)29(25,26)21(2)3/h7-8,14-15H,5-6,9-13H2,1-4H3. The number of methoxy groups -OCH3 is 1. The van der Waals surface area contributed by atoms with Crippen molar-refractivity contribution in [2.75, 3.05) is 40.9 Å². The van der Waals surface area contributed by atoms with Crippen LogP contribution >= 0.6 is 0 Å². The van der Waals surface area contributed by atoms with Crippen molar-refractivity contribution in [2.45, 2.75) is 37.5 Å².